The molecule has 0 spiro atoms. The van der Waals surface area contributed by atoms with E-state index >= 15 is 0 Å². The molecule has 24 heavy (non-hydrogen) atoms. The number of nitrogens with one attached hydrogen (secondary N) is 1. The lowest BCUT2D eigenvalue weighted by Gasteiger charge is -2.24. The van der Waals surface area contributed by atoms with Gasteiger partial charge in [0, 0.05) is 26.9 Å². The predicted octanol–water partition coefficient (Wildman–Crippen LogP) is 1.84. The molecular weight excluding hydrogens is 306 g/mol. The average Bonchev–Trinajstić information content (AvgIpc) is 2.96. The highest BCUT2D eigenvalue weighted by atomic mass is 16.5. The van der Waals surface area contributed by atoms with Crippen molar-refractivity contribution < 1.29 is 9.47 Å². The first kappa shape index (κ1) is 15.9. The number of methoxy groups -OCH3 is 1. The van der Waals surface area contributed by atoms with Crippen LogP contribution in [0.2, 0.25) is 0 Å². The maximum atomic E-state index is 9.58. The van der Waals surface area contributed by atoms with Gasteiger partial charge >= 0.3 is 0 Å². The van der Waals surface area contributed by atoms with E-state index in [0.29, 0.717) is 18.1 Å². The van der Waals surface area contributed by atoms with E-state index in [9.17, 15) is 5.26 Å². The molecule has 0 saturated heterocycles. The summed E-state index contributed by atoms with van der Waals surface area (Å²) >= 11 is 0. The molecule has 3 rings (SSSR count). The van der Waals surface area contributed by atoms with Crippen molar-refractivity contribution in [2.24, 2.45) is 5.73 Å². The highest BCUT2D eigenvalue weighted by Crippen LogP contribution is 2.43. The van der Waals surface area contributed by atoms with Crippen LogP contribution in [0.3, 0.4) is 0 Å². The van der Waals surface area contributed by atoms with Gasteiger partial charge in [-0.2, -0.15) is 5.26 Å². The second-order valence-electron chi connectivity index (χ2n) is 5.76. The first-order valence-corrected chi connectivity index (χ1v) is 7.47. The van der Waals surface area contributed by atoms with Crippen molar-refractivity contribution in [1.29, 1.82) is 5.26 Å². The molecule has 124 valence electrons. The minimum atomic E-state index is -0.334. The maximum absolute atomic E-state index is 9.58. The van der Waals surface area contributed by atoms with Crippen LogP contribution in [0.4, 0.5) is 5.69 Å². The minimum Gasteiger partial charge on any atom is -0.420 e. The average molecular weight is 325 g/mol. The summed E-state index contributed by atoms with van der Waals surface area (Å²) in [5, 5.41) is 16.7. The Hall–Kier alpha value is -2.98. The highest BCUT2D eigenvalue weighted by Gasteiger charge is 2.35. The van der Waals surface area contributed by atoms with E-state index in [1.165, 1.54) is 0 Å². The Morgan fingerprint density at radius 2 is 2.08 bits per heavy atom. The number of nitrogens with two attached hydrogens (primary N) is 1. The van der Waals surface area contributed by atoms with Crippen molar-refractivity contribution in [3.05, 3.63) is 52.5 Å². The lowest BCUT2D eigenvalue weighted by Crippen LogP contribution is -2.21. The van der Waals surface area contributed by atoms with Crippen LogP contribution in [0, 0.1) is 11.3 Å². The summed E-state index contributed by atoms with van der Waals surface area (Å²) in [5.41, 5.74) is 9.90. The smallest absolute Gasteiger partial charge is 0.244 e. The Labute approximate surface area is 140 Å². The summed E-state index contributed by atoms with van der Waals surface area (Å²) in [5.74, 6) is 0.140. The molecule has 2 heterocycles. The molecule has 0 aliphatic carbocycles. The fourth-order valence-electron chi connectivity index (χ4n) is 2.86. The maximum Gasteiger partial charge on any atom is 0.244 e. The zero-order valence-electron chi connectivity index (χ0n) is 13.8. The van der Waals surface area contributed by atoms with E-state index in [0.717, 1.165) is 22.5 Å². The van der Waals surface area contributed by atoms with Crippen molar-refractivity contribution in [3.8, 4) is 11.9 Å². The molecule has 0 saturated carbocycles. The van der Waals surface area contributed by atoms with Gasteiger partial charge in [-0.15, -0.1) is 5.10 Å². The summed E-state index contributed by atoms with van der Waals surface area (Å²) < 4.78 is 10.7. The monoisotopic (exact) mass is 325 g/mol. The Bertz CT molecular complexity index is 814. The van der Waals surface area contributed by atoms with E-state index in [2.05, 4.69) is 16.3 Å². The standard InChI is InChI=1S/C17H19N5O2/c1-22(2)11-6-4-10(5-7-11)14-12(8-18)16(19)24-17-15(14)13(9-23-3)20-21-17/h4-7,14H,9,19H2,1-3H3,(H,20,21)/t14-/m1/s1. The molecule has 7 nitrogen and oxygen atoms in total. The number of hydrogen-bond donors (Lipinski definition) is 2. The van der Waals surface area contributed by atoms with Gasteiger partial charge in [-0.1, -0.05) is 12.1 Å². The highest BCUT2D eigenvalue weighted by molar-refractivity contribution is 5.57. The summed E-state index contributed by atoms with van der Waals surface area (Å²) in [6, 6.07) is 10.2. The Morgan fingerprint density at radius 1 is 1.38 bits per heavy atom. The fourth-order valence-corrected chi connectivity index (χ4v) is 2.86. The van der Waals surface area contributed by atoms with Crippen molar-refractivity contribution in [3.63, 3.8) is 0 Å². The number of allylic oxidation sites excluding steroid dienone is 1. The molecule has 3 N–H and O–H groups in total. The zero-order chi connectivity index (χ0) is 17.3. The van der Waals surface area contributed by atoms with Gasteiger partial charge in [0.25, 0.3) is 0 Å². The quantitative estimate of drug-likeness (QED) is 0.889. The molecule has 1 aromatic carbocycles. The Balaban J connectivity index is 2.13. The molecule has 0 radical (unpaired) electrons. The van der Waals surface area contributed by atoms with Crippen molar-refractivity contribution in [1.82, 2.24) is 10.2 Å². The molecule has 2 aromatic rings. The van der Waals surface area contributed by atoms with E-state index in [-0.39, 0.29) is 11.8 Å². The van der Waals surface area contributed by atoms with Gasteiger partial charge < -0.3 is 20.1 Å². The summed E-state index contributed by atoms with van der Waals surface area (Å²) in [7, 11) is 5.56. The number of rotatable bonds is 4. The second kappa shape index (κ2) is 6.26. The molecule has 0 amide bonds. The van der Waals surface area contributed by atoms with Crippen LogP contribution in [0.25, 0.3) is 0 Å². The Kier molecular flexibility index (Phi) is 4.15. The third-order valence-electron chi connectivity index (χ3n) is 4.05. The van der Waals surface area contributed by atoms with Crippen LogP contribution >= 0.6 is 0 Å². The number of benzene rings is 1. The minimum absolute atomic E-state index is 0.0853. The van der Waals surface area contributed by atoms with Crippen LogP contribution in [-0.4, -0.2) is 31.4 Å². The van der Waals surface area contributed by atoms with Crippen molar-refractivity contribution in [2.45, 2.75) is 12.5 Å². The van der Waals surface area contributed by atoms with Crippen molar-refractivity contribution in [2.75, 3.05) is 26.1 Å². The molecule has 0 unspecified atom stereocenters. The SMILES string of the molecule is COCc1[nH]nc2c1[C@H](c1ccc(N(C)C)cc1)C(C#N)=C(N)O2. The van der Waals surface area contributed by atoms with E-state index in [1.807, 2.05) is 43.3 Å². The first-order chi connectivity index (χ1) is 11.6. The molecule has 1 atom stereocenters. The number of anilines is 1. The molecule has 1 aliphatic rings. The van der Waals surface area contributed by atoms with E-state index < -0.39 is 0 Å². The zero-order valence-corrected chi connectivity index (χ0v) is 13.8. The largest absolute Gasteiger partial charge is 0.420 e. The van der Waals surface area contributed by atoms with Gasteiger partial charge in [0.2, 0.25) is 11.8 Å². The molecule has 0 bridgehead atoms. The third-order valence-corrected chi connectivity index (χ3v) is 4.05. The number of hydrogen-bond acceptors (Lipinski definition) is 6. The molecule has 7 heteroatoms. The normalized spacial score (nSPS) is 16.3. The van der Waals surface area contributed by atoms with E-state index in [4.69, 9.17) is 15.2 Å². The first-order valence-electron chi connectivity index (χ1n) is 7.47. The summed E-state index contributed by atoms with van der Waals surface area (Å²) in [6.45, 7) is 0.344. The third kappa shape index (κ3) is 2.57. The number of nitrogens with zero attached hydrogens (tertiary/aromatic N) is 3. The van der Waals surface area contributed by atoms with Crippen LogP contribution < -0.4 is 15.4 Å². The topological polar surface area (TPSA) is 100 Å². The van der Waals surface area contributed by atoms with Crippen LogP contribution in [-0.2, 0) is 11.3 Å². The van der Waals surface area contributed by atoms with Crippen LogP contribution in [0.1, 0.15) is 22.7 Å². The fraction of sp³-hybridized carbons (Fsp3) is 0.294. The van der Waals surface area contributed by atoms with Gasteiger partial charge in [-0.3, -0.25) is 5.10 Å². The summed E-state index contributed by atoms with van der Waals surface area (Å²) in [4.78, 5) is 2.02. The lowest BCUT2D eigenvalue weighted by atomic mass is 9.84. The van der Waals surface area contributed by atoms with Gasteiger partial charge in [0.15, 0.2) is 0 Å². The number of nitriles is 1. The lowest BCUT2D eigenvalue weighted by molar-refractivity contribution is 0.180. The second-order valence-corrected chi connectivity index (χ2v) is 5.76. The number of aromatic nitrogens is 2. The van der Waals surface area contributed by atoms with Gasteiger partial charge in [-0.25, -0.2) is 0 Å². The van der Waals surface area contributed by atoms with Gasteiger partial charge in [-0.05, 0) is 17.7 Å². The number of H-pyrrole nitrogens is 1. The number of fused-ring (bicyclic) bond motifs is 1. The van der Waals surface area contributed by atoms with Gasteiger partial charge in [0.05, 0.1) is 23.8 Å². The van der Waals surface area contributed by atoms with Crippen LogP contribution in [0.15, 0.2) is 35.7 Å². The molecule has 1 aliphatic heterocycles. The molecule has 1 aromatic heterocycles. The van der Waals surface area contributed by atoms with Crippen LogP contribution in [0.5, 0.6) is 5.88 Å². The number of ether oxygens (including phenoxy) is 2. The van der Waals surface area contributed by atoms with Crippen molar-refractivity contribution >= 4 is 5.69 Å². The van der Waals surface area contributed by atoms with E-state index in [1.54, 1.807) is 7.11 Å². The summed E-state index contributed by atoms with van der Waals surface area (Å²) in [6.07, 6.45) is 0. The molecular formula is C17H19N5O2. The number of aromatic amines is 1. The Morgan fingerprint density at radius 3 is 2.67 bits per heavy atom. The molecule has 0 fully saturated rings. The van der Waals surface area contributed by atoms with Gasteiger partial charge in [0.1, 0.15) is 11.6 Å². The predicted molar refractivity (Wildman–Crippen MR) is 89.4 cm³/mol.